The third-order valence-corrected chi connectivity index (χ3v) is 5.01. The predicted octanol–water partition coefficient (Wildman–Crippen LogP) is 3.66. The fourth-order valence-electron chi connectivity index (χ4n) is 3.70. The van der Waals surface area contributed by atoms with Gasteiger partial charge >= 0.3 is 0 Å². The van der Waals surface area contributed by atoms with Gasteiger partial charge in [-0.25, -0.2) is 0 Å². The van der Waals surface area contributed by atoms with Gasteiger partial charge in [0.05, 0.1) is 0 Å². The van der Waals surface area contributed by atoms with Gasteiger partial charge in [0.2, 0.25) is 11.8 Å². The lowest BCUT2D eigenvalue weighted by Crippen LogP contribution is -2.41. The van der Waals surface area contributed by atoms with Gasteiger partial charge in [0, 0.05) is 18.9 Å². The molecule has 2 fully saturated rings. The smallest absolute Gasteiger partial charge is 0.249 e. The van der Waals surface area contributed by atoms with Crippen LogP contribution in [0.2, 0.25) is 0 Å². The molecule has 0 aromatic carbocycles. The number of unbranched alkanes of at least 4 members (excludes halogenated alkanes) is 1. The minimum absolute atomic E-state index is 0.00438. The lowest BCUT2D eigenvalue weighted by molar-refractivity contribution is -0.140. The normalized spacial score (nSPS) is 23.1. The Morgan fingerprint density at radius 2 is 2.00 bits per heavy atom. The second kappa shape index (κ2) is 7.25. The lowest BCUT2D eigenvalue weighted by Gasteiger charge is -2.35. The van der Waals surface area contributed by atoms with Crippen LogP contribution in [0.3, 0.4) is 0 Å². The van der Waals surface area contributed by atoms with Crippen molar-refractivity contribution in [1.82, 2.24) is 15.0 Å². The van der Waals surface area contributed by atoms with E-state index < -0.39 is 0 Å². The molecule has 0 radical (unpaired) electrons. The zero-order valence-corrected chi connectivity index (χ0v) is 13.6. The van der Waals surface area contributed by atoms with E-state index in [1.807, 2.05) is 4.90 Å². The van der Waals surface area contributed by atoms with Gasteiger partial charge in [-0.15, -0.1) is 0 Å². The number of piperidine rings is 1. The van der Waals surface area contributed by atoms with Crippen molar-refractivity contribution in [2.24, 2.45) is 5.92 Å². The van der Waals surface area contributed by atoms with E-state index in [-0.39, 0.29) is 12.0 Å². The summed E-state index contributed by atoms with van der Waals surface area (Å²) in [6, 6.07) is 0.00438. The van der Waals surface area contributed by atoms with Crippen LogP contribution in [-0.2, 0) is 11.2 Å². The maximum Gasteiger partial charge on any atom is 0.249 e. The van der Waals surface area contributed by atoms with E-state index in [0.29, 0.717) is 11.8 Å². The second-order valence-corrected chi connectivity index (χ2v) is 6.68. The van der Waals surface area contributed by atoms with Gasteiger partial charge in [0.1, 0.15) is 6.04 Å². The summed E-state index contributed by atoms with van der Waals surface area (Å²) in [5, 5.41) is 4.10. The summed E-state index contributed by atoms with van der Waals surface area (Å²) in [7, 11) is 0. The third kappa shape index (κ3) is 3.33. The van der Waals surface area contributed by atoms with Crippen LogP contribution in [0.25, 0.3) is 0 Å². The molecule has 22 heavy (non-hydrogen) atoms. The topological polar surface area (TPSA) is 59.2 Å². The zero-order chi connectivity index (χ0) is 15.4. The number of rotatable bonds is 5. The van der Waals surface area contributed by atoms with E-state index in [4.69, 9.17) is 4.52 Å². The number of nitrogens with zero attached hydrogens (tertiary/aromatic N) is 3. The molecule has 1 atom stereocenters. The van der Waals surface area contributed by atoms with E-state index in [0.717, 1.165) is 63.7 Å². The molecule has 1 saturated heterocycles. The highest BCUT2D eigenvalue weighted by Gasteiger charge is 2.36. The first-order valence-electron chi connectivity index (χ1n) is 8.92. The van der Waals surface area contributed by atoms with Gasteiger partial charge in [-0.2, -0.15) is 4.98 Å². The summed E-state index contributed by atoms with van der Waals surface area (Å²) in [4.78, 5) is 19.4. The number of aryl methyl sites for hydroxylation is 1. The summed E-state index contributed by atoms with van der Waals surface area (Å²) in [5.74, 6) is 1.98. The van der Waals surface area contributed by atoms with Crippen molar-refractivity contribution in [3.05, 3.63) is 11.7 Å². The maximum absolute atomic E-state index is 12.8. The number of hydrogen-bond acceptors (Lipinski definition) is 4. The summed E-state index contributed by atoms with van der Waals surface area (Å²) >= 11 is 0. The Labute approximate surface area is 132 Å². The number of carbonyl (C=O) groups excluding carboxylic acids is 1. The SMILES string of the molecule is CCCCc1noc(C2CCCCN2C(=O)C2CCCC2)n1. The predicted molar refractivity (Wildman–Crippen MR) is 83.2 cm³/mol. The Morgan fingerprint density at radius 1 is 1.23 bits per heavy atom. The molecule has 5 nitrogen and oxygen atoms in total. The first-order valence-corrected chi connectivity index (χ1v) is 8.92. The molecule has 3 rings (SSSR count). The van der Waals surface area contributed by atoms with Crippen molar-refractivity contribution in [3.63, 3.8) is 0 Å². The quantitative estimate of drug-likeness (QED) is 0.833. The lowest BCUT2D eigenvalue weighted by atomic mass is 9.98. The molecule has 1 saturated carbocycles. The minimum Gasteiger partial charge on any atom is -0.337 e. The van der Waals surface area contributed by atoms with Crippen LogP contribution in [0.15, 0.2) is 4.52 Å². The Hall–Kier alpha value is -1.39. The van der Waals surface area contributed by atoms with Gasteiger partial charge in [-0.3, -0.25) is 4.79 Å². The summed E-state index contributed by atoms with van der Waals surface area (Å²) in [5.41, 5.74) is 0. The number of likely N-dealkylation sites (tertiary alicyclic amines) is 1. The molecule has 0 bridgehead atoms. The number of carbonyl (C=O) groups is 1. The monoisotopic (exact) mass is 305 g/mol. The highest BCUT2D eigenvalue weighted by molar-refractivity contribution is 5.79. The summed E-state index contributed by atoms with van der Waals surface area (Å²) in [6.45, 7) is 3.00. The van der Waals surface area contributed by atoms with Gasteiger partial charge in [-0.1, -0.05) is 31.3 Å². The highest BCUT2D eigenvalue weighted by atomic mass is 16.5. The van der Waals surface area contributed by atoms with Crippen molar-refractivity contribution in [3.8, 4) is 0 Å². The fourth-order valence-corrected chi connectivity index (χ4v) is 3.70. The van der Waals surface area contributed by atoms with Crippen molar-refractivity contribution in [2.75, 3.05) is 6.54 Å². The van der Waals surface area contributed by atoms with E-state index in [9.17, 15) is 4.79 Å². The van der Waals surface area contributed by atoms with Crippen molar-refractivity contribution >= 4 is 5.91 Å². The number of hydrogen-bond donors (Lipinski definition) is 0. The molecule has 1 aliphatic carbocycles. The fraction of sp³-hybridized carbons (Fsp3) is 0.824. The van der Waals surface area contributed by atoms with E-state index >= 15 is 0 Å². The van der Waals surface area contributed by atoms with Gasteiger partial charge < -0.3 is 9.42 Å². The van der Waals surface area contributed by atoms with E-state index in [2.05, 4.69) is 17.1 Å². The average molecular weight is 305 g/mol. The Morgan fingerprint density at radius 3 is 2.77 bits per heavy atom. The van der Waals surface area contributed by atoms with Crippen LogP contribution in [0.1, 0.15) is 82.5 Å². The third-order valence-electron chi connectivity index (χ3n) is 5.01. The number of aromatic nitrogens is 2. The highest BCUT2D eigenvalue weighted by Crippen LogP contribution is 2.34. The molecule has 5 heteroatoms. The summed E-state index contributed by atoms with van der Waals surface area (Å²) < 4.78 is 5.49. The van der Waals surface area contributed by atoms with Gasteiger partial charge in [0.25, 0.3) is 0 Å². The molecule has 0 spiro atoms. The molecule has 2 heterocycles. The van der Waals surface area contributed by atoms with Crippen LogP contribution in [0.5, 0.6) is 0 Å². The molecule has 1 unspecified atom stereocenters. The largest absolute Gasteiger partial charge is 0.337 e. The molecule has 1 amide bonds. The van der Waals surface area contributed by atoms with Crippen LogP contribution in [0.4, 0.5) is 0 Å². The molecule has 1 aromatic heterocycles. The standard InChI is InChI=1S/C17H27N3O2/c1-2-3-11-15-18-16(22-19-15)14-10-6-7-12-20(14)17(21)13-8-4-5-9-13/h13-14H,2-12H2,1H3. The van der Waals surface area contributed by atoms with Gasteiger partial charge in [0.15, 0.2) is 5.82 Å². The maximum atomic E-state index is 12.8. The van der Waals surface area contributed by atoms with Crippen LogP contribution in [-0.4, -0.2) is 27.5 Å². The van der Waals surface area contributed by atoms with Crippen LogP contribution < -0.4 is 0 Å². The van der Waals surface area contributed by atoms with E-state index in [1.165, 1.54) is 12.8 Å². The first kappa shape index (κ1) is 15.5. The van der Waals surface area contributed by atoms with Gasteiger partial charge in [-0.05, 0) is 38.5 Å². The van der Waals surface area contributed by atoms with Crippen molar-refractivity contribution in [1.29, 1.82) is 0 Å². The van der Waals surface area contributed by atoms with Crippen LogP contribution in [0, 0.1) is 5.92 Å². The van der Waals surface area contributed by atoms with Crippen LogP contribution >= 0.6 is 0 Å². The molecule has 2 aliphatic rings. The molecule has 122 valence electrons. The summed E-state index contributed by atoms with van der Waals surface area (Å²) in [6.07, 6.45) is 10.7. The average Bonchev–Trinajstić information content (AvgIpc) is 3.24. The zero-order valence-electron chi connectivity index (χ0n) is 13.6. The molecule has 1 aliphatic heterocycles. The Bertz CT molecular complexity index is 494. The Balaban J connectivity index is 1.71. The molecule has 1 aromatic rings. The Kier molecular flexibility index (Phi) is 5.11. The van der Waals surface area contributed by atoms with E-state index in [1.54, 1.807) is 0 Å². The minimum atomic E-state index is 0.00438. The molecular formula is C17H27N3O2. The molecule has 0 N–H and O–H groups in total. The van der Waals surface area contributed by atoms with Crippen molar-refractivity contribution in [2.45, 2.75) is 77.2 Å². The molecular weight excluding hydrogens is 278 g/mol. The van der Waals surface area contributed by atoms with Crippen molar-refractivity contribution < 1.29 is 9.32 Å². The second-order valence-electron chi connectivity index (χ2n) is 6.68. The number of amides is 1. The first-order chi connectivity index (χ1) is 10.8.